The molecule has 0 fully saturated rings. The number of amides is 1. The van der Waals surface area contributed by atoms with E-state index >= 15 is 0 Å². The van der Waals surface area contributed by atoms with E-state index in [2.05, 4.69) is 25.2 Å². The molecule has 1 amide bonds. The van der Waals surface area contributed by atoms with Gasteiger partial charge in [0.05, 0.1) is 6.54 Å². The summed E-state index contributed by atoms with van der Waals surface area (Å²) in [5, 5.41) is 2.89. The van der Waals surface area contributed by atoms with Crippen molar-refractivity contribution in [3.63, 3.8) is 0 Å². The molecule has 0 saturated carbocycles. The van der Waals surface area contributed by atoms with Crippen molar-refractivity contribution < 1.29 is 14.3 Å². The van der Waals surface area contributed by atoms with Crippen LogP contribution in [0.1, 0.15) is 42.0 Å². The summed E-state index contributed by atoms with van der Waals surface area (Å²) in [6, 6.07) is 12.2. The topological polar surface area (TPSA) is 47.6 Å². The molecule has 2 aromatic rings. The molecule has 0 aromatic heterocycles. The Bertz CT molecular complexity index is 800. The lowest BCUT2D eigenvalue weighted by Crippen LogP contribution is -2.38. The van der Waals surface area contributed by atoms with Gasteiger partial charge < -0.3 is 14.8 Å². The number of aryl methyl sites for hydroxylation is 3. The molecular formula is C23H29NO3. The number of benzene rings is 2. The third-order valence-electron chi connectivity index (χ3n) is 5.17. The predicted molar refractivity (Wildman–Crippen MR) is 108 cm³/mol. The zero-order chi connectivity index (χ0) is 19.2. The lowest BCUT2D eigenvalue weighted by Gasteiger charge is -2.22. The van der Waals surface area contributed by atoms with Gasteiger partial charge in [-0.1, -0.05) is 18.2 Å². The maximum absolute atomic E-state index is 12.3. The van der Waals surface area contributed by atoms with Crippen LogP contribution in [0.5, 0.6) is 11.5 Å². The Kier molecular flexibility index (Phi) is 6.38. The van der Waals surface area contributed by atoms with Crippen LogP contribution in [0.4, 0.5) is 0 Å². The molecule has 144 valence electrons. The molecule has 0 heterocycles. The van der Waals surface area contributed by atoms with Crippen molar-refractivity contribution in [3.8, 4) is 11.5 Å². The number of ether oxygens (including phenoxy) is 2. The Morgan fingerprint density at radius 1 is 1.11 bits per heavy atom. The van der Waals surface area contributed by atoms with Gasteiger partial charge in [0.2, 0.25) is 0 Å². The maximum Gasteiger partial charge on any atom is 0.260 e. The van der Waals surface area contributed by atoms with E-state index in [1.807, 2.05) is 30.3 Å². The average molecular weight is 367 g/mol. The second-order valence-electron chi connectivity index (χ2n) is 7.25. The minimum atomic E-state index is -0.528. The first-order chi connectivity index (χ1) is 13.0. The molecule has 0 unspecified atom stereocenters. The van der Waals surface area contributed by atoms with Crippen molar-refractivity contribution in [2.75, 3.05) is 13.2 Å². The summed E-state index contributed by atoms with van der Waals surface area (Å²) < 4.78 is 11.7. The van der Waals surface area contributed by atoms with Crippen molar-refractivity contribution >= 4 is 5.91 Å². The molecule has 4 nitrogen and oxygen atoms in total. The van der Waals surface area contributed by atoms with Crippen molar-refractivity contribution in [2.24, 2.45) is 0 Å². The number of carbonyl (C=O) groups excluding carboxylic acids is 1. The van der Waals surface area contributed by atoms with Crippen molar-refractivity contribution in [1.29, 1.82) is 0 Å². The fourth-order valence-corrected chi connectivity index (χ4v) is 3.39. The molecule has 27 heavy (non-hydrogen) atoms. The summed E-state index contributed by atoms with van der Waals surface area (Å²) in [6.45, 7) is 6.81. The fourth-order valence-electron chi connectivity index (χ4n) is 3.39. The van der Waals surface area contributed by atoms with Gasteiger partial charge in [-0.2, -0.15) is 0 Å². The molecule has 1 N–H and O–H groups in total. The molecule has 0 spiro atoms. The van der Waals surface area contributed by atoms with Crippen LogP contribution in [0, 0.1) is 13.8 Å². The summed E-state index contributed by atoms with van der Waals surface area (Å²) in [7, 11) is 0. The van der Waals surface area contributed by atoms with Gasteiger partial charge in [0.15, 0.2) is 6.10 Å². The fraction of sp³-hybridized carbons (Fsp3) is 0.435. The minimum Gasteiger partial charge on any atom is -0.492 e. The monoisotopic (exact) mass is 367 g/mol. The highest BCUT2D eigenvalue weighted by Gasteiger charge is 2.19. The quantitative estimate of drug-likeness (QED) is 0.748. The van der Waals surface area contributed by atoms with Crippen molar-refractivity contribution in [3.05, 3.63) is 58.7 Å². The Balaban J connectivity index is 1.46. The number of hydrogen-bond donors (Lipinski definition) is 1. The highest BCUT2D eigenvalue weighted by molar-refractivity contribution is 5.80. The van der Waals surface area contributed by atoms with Crippen molar-refractivity contribution in [2.45, 2.75) is 52.6 Å². The smallest absolute Gasteiger partial charge is 0.260 e. The van der Waals surface area contributed by atoms with Gasteiger partial charge in [-0.15, -0.1) is 0 Å². The van der Waals surface area contributed by atoms with Crippen LogP contribution in [-0.4, -0.2) is 25.2 Å². The summed E-state index contributed by atoms with van der Waals surface area (Å²) in [5.41, 5.74) is 5.06. The van der Waals surface area contributed by atoms with Gasteiger partial charge in [-0.05, 0) is 86.9 Å². The van der Waals surface area contributed by atoms with Crippen LogP contribution in [0.3, 0.4) is 0 Å². The van der Waals surface area contributed by atoms with Crippen molar-refractivity contribution in [1.82, 2.24) is 5.32 Å². The Labute approximate surface area is 161 Å². The lowest BCUT2D eigenvalue weighted by molar-refractivity contribution is -0.127. The number of carbonyl (C=O) groups is 1. The summed E-state index contributed by atoms with van der Waals surface area (Å²) in [5.74, 6) is 1.56. The second kappa shape index (κ2) is 8.94. The van der Waals surface area contributed by atoms with Gasteiger partial charge in [0.25, 0.3) is 5.91 Å². The van der Waals surface area contributed by atoms with E-state index in [0.29, 0.717) is 13.2 Å². The number of fused-ring (bicyclic) bond motifs is 1. The van der Waals surface area contributed by atoms with Crippen LogP contribution >= 0.6 is 0 Å². The van der Waals surface area contributed by atoms with Gasteiger partial charge in [-0.3, -0.25) is 4.79 Å². The highest BCUT2D eigenvalue weighted by Crippen LogP contribution is 2.30. The summed E-state index contributed by atoms with van der Waals surface area (Å²) in [6.07, 6.45) is 4.02. The van der Waals surface area contributed by atoms with Gasteiger partial charge >= 0.3 is 0 Å². The van der Waals surface area contributed by atoms with Crippen LogP contribution < -0.4 is 14.8 Å². The third kappa shape index (κ3) is 5.03. The van der Waals surface area contributed by atoms with Gasteiger partial charge in [0, 0.05) is 0 Å². The first-order valence-electron chi connectivity index (χ1n) is 9.80. The van der Waals surface area contributed by atoms with Gasteiger partial charge in [-0.25, -0.2) is 0 Å². The predicted octanol–water partition coefficient (Wildman–Crippen LogP) is 4.14. The third-order valence-corrected chi connectivity index (χ3v) is 5.17. The molecule has 1 atom stereocenters. The average Bonchev–Trinajstić information content (AvgIpc) is 2.68. The normalized spacial score (nSPS) is 14.2. The molecule has 0 bridgehead atoms. The van der Waals surface area contributed by atoms with Crippen LogP contribution in [0.25, 0.3) is 0 Å². The first kappa shape index (κ1) is 19.3. The van der Waals surface area contributed by atoms with E-state index in [4.69, 9.17) is 9.47 Å². The molecule has 4 heteroatoms. The van der Waals surface area contributed by atoms with E-state index in [1.165, 1.54) is 35.1 Å². The number of nitrogens with one attached hydrogen (secondary N) is 1. The second-order valence-corrected chi connectivity index (χ2v) is 7.25. The molecule has 1 aliphatic carbocycles. The molecule has 3 rings (SSSR count). The molecule has 0 aliphatic heterocycles. The minimum absolute atomic E-state index is 0.118. The molecule has 0 saturated heterocycles. The summed E-state index contributed by atoms with van der Waals surface area (Å²) in [4.78, 5) is 12.3. The van der Waals surface area contributed by atoms with E-state index < -0.39 is 6.10 Å². The van der Waals surface area contributed by atoms with E-state index in [1.54, 1.807) is 6.92 Å². The Morgan fingerprint density at radius 3 is 2.74 bits per heavy atom. The highest BCUT2D eigenvalue weighted by atomic mass is 16.5. The Morgan fingerprint density at radius 2 is 1.93 bits per heavy atom. The van der Waals surface area contributed by atoms with Gasteiger partial charge in [0.1, 0.15) is 18.1 Å². The van der Waals surface area contributed by atoms with E-state index in [0.717, 1.165) is 24.3 Å². The lowest BCUT2D eigenvalue weighted by atomic mass is 9.91. The molecule has 1 aliphatic rings. The standard InChI is InChI=1S/C23H29NO3/c1-16-11-12-20(15-17(16)2)26-14-13-24-23(25)18(3)27-22-10-6-8-19-7-4-5-9-21(19)22/h6,8,10-12,15,18H,4-5,7,9,13-14H2,1-3H3,(H,24,25)/t18-/m0/s1. The van der Waals surface area contributed by atoms with Crippen LogP contribution in [0.2, 0.25) is 0 Å². The van der Waals surface area contributed by atoms with Crippen LogP contribution in [-0.2, 0) is 17.6 Å². The van der Waals surface area contributed by atoms with E-state index in [-0.39, 0.29) is 5.91 Å². The SMILES string of the molecule is Cc1ccc(OCCNC(=O)[C@H](C)Oc2cccc3c2CCCC3)cc1C. The summed E-state index contributed by atoms with van der Waals surface area (Å²) >= 11 is 0. The number of hydrogen-bond acceptors (Lipinski definition) is 3. The zero-order valence-corrected chi connectivity index (χ0v) is 16.5. The first-order valence-corrected chi connectivity index (χ1v) is 9.80. The number of rotatable bonds is 7. The molecular weight excluding hydrogens is 338 g/mol. The molecule has 2 aromatic carbocycles. The van der Waals surface area contributed by atoms with Crippen LogP contribution in [0.15, 0.2) is 36.4 Å². The molecule has 0 radical (unpaired) electrons. The Hall–Kier alpha value is -2.49. The zero-order valence-electron chi connectivity index (χ0n) is 16.5. The maximum atomic E-state index is 12.3. The van der Waals surface area contributed by atoms with E-state index in [9.17, 15) is 4.79 Å². The largest absolute Gasteiger partial charge is 0.492 e.